The number of benzene rings is 1. The number of amides is 1. The van der Waals surface area contributed by atoms with Gasteiger partial charge in [0.1, 0.15) is 5.82 Å². The summed E-state index contributed by atoms with van der Waals surface area (Å²) in [6.07, 6.45) is 0.867. The van der Waals surface area contributed by atoms with E-state index in [0.29, 0.717) is 10.8 Å². The molecule has 1 fully saturated rings. The smallest absolute Gasteiger partial charge is 0.224 e. The molecule has 2 aromatic rings. The van der Waals surface area contributed by atoms with Crippen LogP contribution in [0.25, 0.3) is 0 Å². The summed E-state index contributed by atoms with van der Waals surface area (Å²) in [5.74, 6) is 1.70. The monoisotopic (exact) mass is 304 g/mol. The molecule has 3 rings (SSSR count). The zero-order chi connectivity index (χ0) is 15.0. The van der Waals surface area contributed by atoms with Gasteiger partial charge in [-0.15, -0.1) is 0 Å². The first kappa shape index (κ1) is 14.1. The number of rotatable bonds is 4. The maximum atomic E-state index is 12.3. The summed E-state index contributed by atoms with van der Waals surface area (Å²) in [7, 11) is 0. The van der Waals surface area contributed by atoms with Gasteiger partial charge in [-0.1, -0.05) is 23.7 Å². The molecule has 1 heterocycles. The molecule has 0 saturated heterocycles. The van der Waals surface area contributed by atoms with Gasteiger partial charge in [-0.25, -0.2) is 4.98 Å². The van der Waals surface area contributed by atoms with Gasteiger partial charge >= 0.3 is 0 Å². The number of hydrogen-bond acceptors (Lipinski definition) is 3. The van der Waals surface area contributed by atoms with E-state index < -0.39 is 0 Å². The Balaban J connectivity index is 1.60. The summed E-state index contributed by atoms with van der Waals surface area (Å²) in [4.78, 5) is 16.5. The van der Waals surface area contributed by atoms with Crippen molar-refractivity contribution in [3.05, 3.63) is 46.5 Å². The molecule has 0 spiro atoms. The quantitative estimate of drug-likeness (QED) is 0.912. The van der Waals surface area contributed by atoms with Crippen molar-refractivity contribution < 1.29 is 4.79 Å². The number of nitrogens with zero attached hydrogens (tertiary/aromatic N) is 2. The topological polar surface area (TPSA) is 70.7 Å². The van der Waals surface area contributed by atoms with Gasteiger partial charge in [0.15, 0.2) is 5.82 Å². The van der Waals surface area contributed by atoms with Crippen molar-refractivity contribution in [3.63, 3.8) is 0 Å². The van der Waals surface area contributed by atoms with Crippen LogP contribution in [0.1, 0.15) is 42.5 Å². The Morgan fingerprint density at radius 2 is 2.33 bits per heavy atom. The Morgan fingerprint density at radius 3 is 3.00 bits per heavy atom. The normalized spacial score (nSPS) is 21.9. The zero-order valence-electron chi connectivity index (χ0n) is 11.9. The van der Waals surface area contributed by atoms with Crippen molar-refractivity contribution in [2.24, 2.45) is 5.92 Å². The van der Waals surface area contributed by atoms with Gasteiger partial charge in [-0.05, 0) is 43.9 Å². The van der Waals surface area contributed by atoms with Crippen LogP contribution in [0.2, 0.25) is 5.02 Å². The van der Waals surface area contributed by atoms with Crippen molar-refractivity contribution >= 4 is 17.5 Å². The minimum atomic E-state index is -0.192. The van der Waals surface area contributed by atoms with E-state index in [4.69, 9.17) is 11.6 Å². The van der Waals surface area contributed by atoms with E-state index in [1.807, 2.05) is 38.1 Å². The summed E-state index contributed by atoms with van der Waals surface area (Å²) < 4.78 is 0. The van der Waals surface area contributed by atoms with Gasteiger partial charge in [0.2, 0.25) is 5.91 Å². The lowest BCUT2D eigenvalue weighted by Gasteiger charge is -2.10. The molecule has 0 radical (unpaired) electrons. The molecule has 5 nitrogen and oxygen atoms in total. The SMILES string of the molecule is Cc1nc(C(C)NC(=O)[C@@H]2C[C@H]2c2cccc(Cl)c2)n[nH]1. The average Bonchev–Trinajstić information content (AvgIpc) is 3.14. The number of aryl methyl sites for hydroxylation is 1. The molecule has 2 N–H and O–H groups in total. The predicted molar refractivity (Wildman–Crippen MR) is 80.0 cm³/mol. The maximum Gasteiger partial charge on any atom is 0.224 e. The Kier molecular flexibility index (Phi) is 3.68. The number of halogens is 1. The second kappa shape index (κ2) is 5.48. The third-order valence-electron chi connectivity index (χ3n) is 3.76. The third-order valence-corrected chi connectivity index (χ3v) is 4.00. The van der Waals surface area contributed by atoms with Crippen LogP contribution in [-0.4, -0.2) is 21.1 Å². The average molecular weight is 305 g/mol. The first-order chi connectivity index (χ1) is 10.0. The van der Waals surface area contributed by atoms with Gasteiger partial charge in [-0.2, -0.15) is 5.10 Å². The zero-order valence-corrected chi connectivity index (χ0v) is 12.7. The summed E-state index contributed by atoms with van der Waals surface area (Å²) in [5, 5.41) is 10.5. The van der Waals surface area contributed by atoms with Gasteiger partial charge in [0, 0.05) is 10.9 Å². The molecule has 21 heavy (non-hydrogen) atoms. The summed E-state index contributed by atoms with van der Waals surface area (Å²) >= 11 is 5.99. The fourth-order valence-electron chi connectivity index (χ4n) is 2.53. The molecular formula is C15H17ClN4O. The van der Waals surface area contributed by atoms with E-state index in [9.17, 15) is 4.79 Å². The fraction of sp³-hybridized carbons (Fsp3) is 0.400. The molecule has 1 aliphatic carbocycles. The van der Waals surface area contributed by atoms with Crippen LogP contribution >= 0.6 is 11.6 Å². The largest absolute Gasteiger partial charge is 0.346 e. The van der Waals surface area contributed by atoms with Crippen molar-refractivity contribution in [2.75, 3.05) is 0 Å². The van der Waals surface area contributed by atoms with E-state index in [2.05, 4.69) is 20.5 Å². The molecule has 0 bridgehead atoms. The second-order valence-corrected chi connectivity index (χ2v) is 5.95. The molecule has 1 amide bonds. The lowest BCUT2D eigenvalue weighted by Crippen LogP contribution is -2.29. The van der Waals surface area contributed by atoms with E-state index >= 15 is 0 Å². The number of nitrogens with one attached hydrogen (secondary N) is 2. The number of aromatic nitrogens is 3. The lowest BCUT2D eigenvalue weighted by molar-refractivity contribution is -0.123. The van der Waals surface area contributed by atoms with Crippen LogP contribution in [0.15, 0.2) is 24.3 Å². The Morgan fingerprint density at radius 1 is 1.52 bits per heavy atom. The second-order valence-electron chi connectivity index (χ2n) is 5.51. The highest BCUT2D eigenvalue weighted by Crippen LogP contribution is 2.48. The van der Waals surface area contributed by atoms with Gasteiger partial charge in [0.25, 0.3) is 0 Å². The molecular weight excluding hydrogens is 288 g/mol. The molecule has 6 heteroatoms. The highest BCUT2D eigenvalue weighted by atomic mass is 35.5. The Bertz CT molecular complexity index is 669. The summed E-state index contributed by atoms with van der Waals surface area (Å²) in [5.41, 5.74) is 1.13. The lowest BCUT2D eigenvalue weighted by atomic mass is 10.1. The molecule has 1 unspecified atom stereocenters. The number of hydrogen-bond donors (Lipinski definition) is 2. The summed E-state index contributed by atoms with van der Waals surface area (Å²) in [6, 6.07) is 7.52. The van der Waals surface area contributed by atoms with Gasteiger partial charge < -0.3 is 5.32 Å². The minimum Gasteiger partial charge on any atom is -0.346 e. The van der Waals surface area contributed by atoms with E-state index in [1.165, 1.54) is 0 Å². The first-order valence-electron chi connectivity index (χ1n) is 6.99. The van der Waals surface area contributed by atoms with E-state index in [0.717, 1.165) is 17.8 Å². The molecule has 1 aromatic heterocycles. The summed E-state index contributed by atoms with van der Waals surface area (Å²) in [6.45, 7) is 3.72. The molecule has 1 saturated carbocycles. The highest BCUT2D eigenvalue weighted by molar-refractivity contribution is 6.30. The van der Waals surface area contributed by atoms with Crippen molar-refractivity contribution in [2.45, 2.75) is 32.2 Å². The van der Waals surface area contributed by atoms with E-state index in [1.54, 1.807) is 0 Å². The van der Waals surface area contributed by atoms with E-state index in [-0.39, 0.29) is 23.8 Å². The van der Waals surface area contributed by atoms with Crippen LogP contribution in [-0.2, 0) is 4.79 Å². The molecule has 1 aromatic carbocycles. The molecule has 3 atom stereocenters. The molecule has 0 aliphatic heterocycles. The Labute approximate surface area is 128 Å². The van der Waals surface area contributed by atoms with Crippen molar-refractivity contribution in [1.82, 2.24) is 20.5 Å². The van der Waals surface area contributed by atoms with Crippen molar-refractivity contribution in [1.29, 1.82) is 0 Å². The van der Waals surface area contributed by atoms with Gasteiger partial charge in [-0.3, -0.25) is 9.89 Å². The van der Waals surface area contributed by atoms with Crippen LogP contribution in [0, 0.1) is 12.8 Å². The molecule has 1 aliphatic rings. The number of H-pyrrole nitrogens is 1. The fourth-order valence-corrected chi connectivity index (χ4v) is 2.73. The maximum absolute atomic E-state index is 12.3. The van der Waals surface area contributed by atoms with Crippen molar-refractivity contribution in [3.8, 4) is 0 Å². The molecule has 110 valence electrons. The number of carbonyl (C=O) groups is 1. The van der Waals surface area contributed by atoms with Gasteiger partial charge in [0.05, 0.1) is 6.04 Å². The Hall–Kier alpha value is -1.88. The van der Waals surface area contributed by atoms with Crippen LogP contribution in [0.3, 0.4) is 0 Å². The first-order valence-corrected chi connectivity index (χ1v) is 7.37. The number of carbonyl (C=O) groups excluding carboxylic acids is 1. The van der Waals surface area contributed by atoms with Crippen LogP contribution < -0.4 is 5.32 Å². The highest BCUT2D eigenvalue weighted by Gasteiger charge is 2.44. The van der Waals surface area contributed by atoms with Crippen LogP contribution in [0.4, 0.5) is 0 Å². The standard InChI is InChI=1S/C15H17ClN4O/c1-8(14-18-9(2)19-20-14)17-15(21)13-7-12(13)10-4-3-5-11(16)6-10/h3-6,8,12-13H,7H2,1-2H3,(H,17,21)(H,18,19,20)/t8?,12-,13+/m0/s1. The predicted octanol–water partition coefficient (Wildman–Crippen LogP) is 2.75. The number of aromatic amines is 1. The third kappa shape index (κ3) is 3.08. The van der Waals surface area contributed by atoms with Crippen LogP contribution in [0.5, 0.6) is 0 Å². The minimum absolute atomic E-state index is 0.0194.